The van der Waals surface area contributed by atoms with E-state index in [-0.39, 0.29) is 0 Å². The van der Waals surface area contributed by atoms with Crippen LogP contribution in [0.3, 0.4) is 0 Å². The quantitative estimate of drug-likeness (QED) is 0.658. The summed E-state index contributed by atoms with van der Waals surface area (Å²) in [5, 5.41) is 8.78. The number of nitrogen functional groups attached to an aromatic ring is 1. The number of nitriles is 1. The van der Waals surface area contributed by atoms with Crippen LogP contribution in [0.25, 0.3) is 0 Å². The normalized spacial score (nSPS) is 9.62. The molecule has 1 rings (SSSR count). The lowest BCUT2D eigenvalue weighted by atomic mass is 10.3. The van der Waals surface area contributed by atoms with Crippen molar-refractivity contribution in [2.45, 2.75) is 0 Å². The van der Waals surface area contributed by atoms with Crippen molar-refractivity contribution in [2.24, 2.45) is 14.1 Å². The van der Waals surface area contributed by atoms with Crippen LogP contribution in [0.2, 0.25) is 0 Å². The van der Waals surface area contributed by atoms with Gasteiger partial charge in [-0.25, -0.2) is 0 Å². The van der Waals surface area contributed by atoms with Gasteiger partial charge < -0.3 is 14.9 Å². The molecule has 0 radical (unpaired) electrons. The molecule has 0 saturated carbocycles. The summed E-state index contributed by atoms with van der Waals surface area (Å²) in [7, 11) is 3.41. The Bertz CT molecular complexity index is 503. The molecule has 1 aromatic rings. The van der Waals surface area contributed by atoms with E-state index in [0.29, 0.717) is 20.8 Å². The molecule has 0 aliphatic carbocycles. The van der Waals surface area contributed by atoms with Crippen LogP contribution in [-0.4, -0.2) is 9.13 Å². The van der Waals surface area contributed by atoms with Crippen LogP contribution in [0.1, 0.15) is 5.56 Å². The van der Waals surface area contributed by atoms with Gasteiger partial charge in [-0.1, -0.05) is 12.2 Å². The van der Waals surface area contributed by atoms with Gasteiger partial charge in [-0.2, -0.15) is 5.26 Å². The molecule has 1 aromatic heterocycles. The molecule has 0 spiro atoms. The largest absolute Gasteiger partial charge is 0.384 e. The molecule has 0 aliphatic heterocycles. The molecule has 13 heavy (non-hydrogen) atoms. The van der Waals surface area contributed by atoms with Crippen molar-refractivity contribution in [3.63, 3.8) is 0 Å². The van der Waals surface area contributed by atoms with Crippen molar-refractivity contribution in [1.82, 2.24) is 9.13 Å². The molecule has 6 heteroatoms. The molecule has 0 aromatic carbocycles. The van der Waals surface area contributed by atoms with E-state index in [1.807, 2.05) is 6.07 Å². The van der Waals surface area contributed by atoms with Crippen molar-refractivity contribution in [3.8, 4) is 6.07 Å². The van der Waals surface area contributed by atoms with Gasteiger partial charge in [0.15, 0.2) is 4.77 Å². The maximum atomic E-state index is 8.78. The fraction of sp³-hybridized carbons (Fsp3) is 0.286. The van der Waals surface area contributed by atoms with Crippen LogP contribution >= 0.6 is 24.4 Å². The Kier molecular flexibility index (Phi) is 2.50. The first kappa shape index (κ1) is 9.89. The van der Waals surface area contributed by atoms with Crippen molar-refractivity contribution in [2.75, 3.05) is 5.73 Å². The molecular formula is C7H8N4S2. The lowest BCUT2D eigenvalue weighted by Crippen LogP contribution is -2.12. The third kappa shape index (κ3) is 1.36. The van der Waals surface area contributed by atoms with Gasteiger partial charge in [-0.15, -0.1) is 0 Å². The van der Waals surface area contributed by atoms with Crippen LogP contribution in [-0.2, 0) is 14.1 Å². The van der Waals surface area contributed by atoms with Crippen LogP contribution < -0.4 is 5.73 Å². The molecule has 2 N–H and O–H groups in total. The minimum atomic E-state index is 0.300. The maximum Gasteiger partial charge on any atom is 0.181 e. The Hall–Kier alpha value is -1.19. The zero-order valence-corrected chi connectivity index (χ0v) is 8.87. The van der Waals surface area contributed by atoms with E-state index in [4.69, 9.17) is 35.4 Å². The van der Waals surface area contributed by atoms with E-state index in [0.717, 1.165) is 0 Å². The third-order valence-corrected chi connectivity index (χ3v) is 2.85. The number of hydrogen-bond donors (Lipinski definition) is 1. The number of aromatic nitrogens is 2. The number of anilines is 1. The van der Waals surface area contributed by atoms with Gasteiger partial charge in [-0.3, -0.25) is 0 Å². The molecule has 0 bridgehead atoms. The van der Waals surface area contributed by atoms with Gasteiger partial charge in [0.2, 0.25) is 0 Å². The van der Waals surface area contributed by atoms with Crippen LogP contribution in [0, 0.1) is 20.7 Å². The fourth-order valence-electron chi connectivity index (χ4n) is 0.965. The average molecular weight is 212 g/mol. The van der Waals surface area contributed by atoms with Crippen molar-refractivity contribution < 1.29 is 0 Å². The smallest absolute Gasteiger partial charge is 0.181 e. The van der Waals surface area contributed by atoms with Gasteiger partial charge in [0.05, 0.1) is 0 Å². The van der Waals surface area contributed by atoms with Gasteiger partial charge in [0, 0.05) is 14.1 Å². The summed E-state index contributed by atoms with van der Waals surface area (Å²) in [5.41, 5.74) is 5.96. The molecule has 0 fully saturated rings. The average Bonchev–Trinajstić information content (AvgIpc) is 2.13. The highest BCUT2D eigenvalue weighted by Crippen LogP contribution is 2.11. The van der Waals surface area contributed by atoms with Crippen LogP contribution in [0.15, 0.2) is 0 Å². The molecule has 0 atom stereocenters. The van der Waals surface area contributed by atoms with E-state index >= 15 is 0 Å². The van der Waals surface area contributed by atoms with Gasteiger partial charge in [-0.05, 0) is 12.2 Å². The fourth-order valence-corrected chi connectivity index (χ4v) is 1.45. The van der Waals surface area contributed by atoms with Crippen LogP contribution in [0.5, 0.6) is 0 Å². The van der Waals surface area contributed by atoms with Crippen molar-refractivity contribution in [3.05, 3.63) is 15.0 Å². The first-order chi connectivity index (χ1) is 6.00. The Balaban J connectivity index is 3.92. The summed E-state index contributed by atoms with van der Waals surface area (Å²) in [5.74, 6) is 0.315. The van der Waals surface area contributed by atoms with Gasteiger partial charge >= 0.3 is 0 Å². The van der Waals surface area contributed by atoms with Gasteiger partial charge in [0.25, 0.3) is 0 Å². The maximum absolute atomic E-state index is 8.78. The zero-order chi connectivity index (χ0) is 10.2. The predicted octanol–water partition coefficient (Wildman–Crippen LogP) is 1.28. The summed E-state index contributed by atoms with van der Waals surface area (Å²) < 4.78 is 4.02. The summed E-state index contributed by atoms with van der Waals surface area (Å²) in [6.45, 7) is 0. The second-order valence-corrected chi connectivity index (χ2v) is 3.33. The number of nitrogens with two attached hydrogens (primary N) is 1. The second-order valence-electron chi connectivity index (χ2n) is 2.58. The third-order valence-electron chi connectivity index (χ3n) is 1.82. The Morgan fingerprint density at radius 2 is 1.85 bits per heavy atom. The minimum absolute atomic E-state index is 0.300. The second kappa shape index (κ2) is 3.28. The zero-order valence-electron chi connectivity index (χ0n) is 7.24. The summed E-state index contributed by atoms with van der Waals surface area (Å²) >= 11 is 10.1. The number of nitrogens with zero attached hydrogens (tertiary/aromatic N) is 3. The standard InChI is InChI=1S/C7H8N4S2/c1-10-5(9)4(3-8)6(12)11(2)7(10)13/h9H2,1-2H3. The van der Waals surface area contributed by atoms with E-state index < -0.39 is 0 Å². The predicted molar refractivity (Wildman–Crippen MR) is 55.2 cm³/mol. The van der Waals surface area contributed by atoms with Crippen molar-refractivity contribution in [1.29, 1.82) is 5.26 Å². The number of rotatable bonds is 0. The van der Waals surface area contributed by atoms with E-state index in [1.54, 1.807) is 23.2 Å². The monoisotopic (exact) mass is 212 g/mol. The number of hydrogen-bond acceptors (Lipinski definition) is 4. The SMILES string of the molecule is Cn1c(N)c(C#N)c(=S)n(C)c1=S. The molecule has 0 aliphatic rings. The van der Waals surface area contributed by atoms with E-state index in [2.05, 4.69) is 0 Å². The topological polar surface area (TPSA) is 59.7 Å². The molecule has 0 amide bonds. The van der Waals surface area contributed by atoms with E-state index in [9.17, 15) is 0 Å². The molecule has 0 saturated heterocycles. The van der Waals surface area contributed by atoms with E-state index in [1.165, 1.54) is 0 Å². The first-order valence-corrected chi connectivity index (χ1v) is 4.28. The lowest BCUT2D eigenvalue weighted by molar-refractivity contribution is 0.737. The Labute approximate surface area is 85.8 Å². The Morgan fingerprint density at radius 1 is 1.31 bits per heavy atom. The Morgan fingerprint density at radius 3 is 2.31 bits per heavy atom. The molecule has 0 unspecified atom stereocenters. The minimum Gasteiger partial charge on any atom is -0.384 e. The molecule has 68 valence electrons. The van der Waals surface area contributed by atoms with Gasteiger partial charge in [0.1, 0.15) is 22.1 Å². The molecular weight excluding hydrogens is 204 g/mol. The summed E-state index contributed by atoms with van der Waals surface area (Å²) in [4.78, 5) is 0. The summed E-state index contributed by atoms with van der Waals surface area (Å²) in [6.07, 6.45) is 0. The first-order valence-electron chi connectivity index (χ1n) is 3.46. The summed E-state index contributed by atoms with van der Waals surface area (Å²) in [6, 6.07) is 1.96. The van der Waals surface area contributed by atoms with Crippen molar-refractivity contribution >= 4 is 30.3 Å². The highest BCUT2D eigenvalue weighted by molar-refractivity contribution is 7.72. The molecule has 1 heterocycles. The highest BCUT2D eigenvalue weighted by Gasteiger charge is 2.06. The van der Waals surface area contributed by atoms with Crippen LogP contribution in [0.4, 0.5) is 5.82 Å². The molecule has 4 nitrogen and oxygen atoms in total. The highest BCUT2D eigenvalue weighted by atomic mass is 32.1. The lowest BCUT2D eigenvalue weighted by Gasteiger charge is -2.09.